The number of halogens is 1. The molecule has 1 aromatic carbocycles. The van der Waals surface area contributed by atoms with Gasteiger partial charge in [0.1, 0.15) is 5.75 Å². The van der Waals surface area contributed by atoms with Gasteiger partial charge in [0, 0.05) is 43.6 Å². The highest BCUT2D eigenvalue weighted by atomic mass is 35.5. The van der Waals surface area contributed by atoms with Gasteiger partial charge < -0.3 is 25.2 Å². The molecule has 0 saturated carbocycles. The molecule has 3 N–H and O–H groups in total. The molecule has 1 saturated heterocycles. The first-order valence-corrected chi connectivity index (χ1v) is 9.21. The second-order valence-corrected chi connectivity index (χ2v) is 7.18. The fraction of sp³-hybridized carbons (Fsp3) is 0.611. The van der Waals surface area contributed by atoms with Crippen LogP contribution < -0.4 is 10.1 Å². The molecule has 2 unspecified atom stereocenters. The molecule has 1 fully saturated rings. The summed E-state index contributed by atoms with van der Waals surface area (Å²) >= 11 is 6.10. The minimum atomic E-state index is -0.478. The quantitative estimate of drug-likeness (QED) is 0.699. The largest absolute Gasteiger partial charge is 0.492 e. The first-order valence-electron chi connectivity index (χ1n) is 8.83. The summed E-state index contributed by atoms with van der Waals surface area (Å²) in [5.41, 5.74) is 1.43. The standard InChI is InChI=1S/C18H25ClN2O4/c19-14-8-12-3-7-25-17(12)15(9-14)18(24)20-10-13-2-5-21(4-1-6-22)11-16(13)23/h8-9,13,16,22-23H,1-7,10-11H2,(H,20,24). The highest BCUT2D eigenvalue weighted by molar-refractivity contribution is 6.31. The zero-order valence-corrected chi connectivity index (χ0v) is 15.0. The lowest BCUT2D eigenvalue weighted by Gasteiger charge is -2.35. The maximum absolute atomic E-state index is 12.5. The highest BCUT2D eigenvalue weighted by Gasteiger charge is 2.28. The molecule has 25 heavy (non-hydrogen) atoms. The Labute approximate surface area is 152 Å². The molecule has 2 heterocycles. The average Bonchev–Trinajstić information content (AvgIpc) is 3.06. The molecule has 1 aromatic rings. The summed E-state index contributed by atoms with van der Waals surface area (Å²) in [5.74, 6) is 0.444. The van der Waals surface area contributed by atoms with Gasteiger partial charge in [0.05, 0.1) is 18.3 Å². The Morgan fingerprint density at radius 3 is 3.04 bits per heavy atom. The Kier molecular flexibility index (Phi) is 6.17. The van der Waals surface area contributed by atoms with Gasteiger partial charge in [-0.05, 0) is 37.1 Å². The van der Waals surface area contributed by atoms with Crippen molar-refractivity contribution < 1.29 is 19.7 Å². The van der Waals surface area contributed by atoms with Gasteiger partial charge in [-0.3, -0.25) is 4.79 Å². The van der Waals surface area contributed by atoms with Crippen LogP contribution in [0.1, 0.15) is 28.8 Å². The van der Waals surface area contributed by atoms with E-state index in [0.717, 1.165) is 31.5 Å². The Hall–Kier alpha value is -1.34. The van der Waals surface area contributed by atoms with E-state index in [1.807, 2.05) is 6.07 Å². The topological polar surface area (TPSA) is 82.0 Å². The second kappa shape index (κ2) is 8.36. The number of nitrogens with one attached hydrogen (secondary N) is 1. The van der Waals surface area contributed by atoms with Crippen molar-refractivity contribution >= 4 is 17.5 Å². The third-order valence-corrected chi connectivity index (χ3v) is 5.17. The number of rotatable bonds is 6. The van der Waals surface area contributed by atoms with Crippen LogP contribution in [0.3, 0.4) is 0 Å². The Balaban J connectivity index is 1.55. The number of likely N-dealkylation sites (tertiary alicyclic amines) is 1. The number of carbonyl (C=O) groups is 1. The number of piperidine rings is 1. The van der Waals surface area contributed by atoms with Crippen molar-refractivity contribution in [2.75, 3.05) is 39.4 Å². The van der Waals surface area contributed by atoms with Crippen LogP contribution in [-0.2, 0) is 6.42 Å². The van der Waals surface area contributed by atoms with E-state index < -0.39 is 6.10 Å². The summed E-state index contributed by atoms with van der Waals surface area (Å²) in [6.07, 6.45) is 1.82. The van der Waals surface area contributed by atoms with Gasteiger partial charge in [0.25, 0.3) is 5.91 Å². The second-order valence-electron chi connectivity index (χ2n) is 6.74. The fourth-order valence-electron chi connectivity index (χ4n) is 3.54. The number of aliphatic hydroxyl groups is 2. The summed E-state index contributed by atoms with van der Waals surface area (Å²) in [6.45, 7) is 3.40. The molecule has 3 rings (SSSR count). The van der Waals surface area contributed by atoms with Crippen molar-refractivity contribution in [1.82, 2.24) is 10.2 Å². The number of hydrogen-bond acceptors (Lipinski definition) is 5. The lowest BCUT2D eigenvalue weighted by atomic mass is 9.93. The van der Waals surface area contributed by atoms with Gasteiger partial charge in [-0.25, -0.2) is 0 Å². The first kappa shape index (κ1) is 18.5. The molecule has 138 valence electrons. The molecule has 6 nitrogen and oxygen atoms in total. The number of ether oxygens (including phenoxy) is 1. The normalized spacial score (nSPS) is 23.2. The van der Waals surface area contributed by atoms with Gasteiger partial charge in [0.2, 0.25) is 0 Å². The van der Waals surface area contributed by atoms with E-state index >= 15 is 0 Å². The number of amides is 1. The first-order chi connectivity index (χ1) is 12.1. The van der Waals surface area contributed by atoms with Gasteiger partial charge in [0.15, 0.2) is 0 Å². The average molecular weight is 369 g/mol. The molecule has 0 aliphatic carbocycles. The molecule has 0 aromatic heterocycles. The van der Waals surface area contributed by atoms with Gasteiger partial charge in [-0.2, -0.15) is 0 Å². The number of carbonyl (C=O) groups excluding carboxylic acids is 1. The molecule has 2 atom stereocenters. The number of nitrogens with zero attached hydrogens (tertiary/aromatic N) is 1. The number of benzene rings is 1. The molecule has 7 heteroatoms. The van der Waals surface area contributed by atoms with E-state index in [-0.39, 0.29) is 18.4 Å². The van der Waals surface area contributed by atoms with E-state index in [9.17, 15) is 9.90 Å². The van der Waals surface area contributed by atoms with Crippen molar-refractivity contribution in [3.63, 3.8) is 0 Å². The number of β-amino-alcohol motifs (C(OH)–C–C–N with tert-alkyl or cyclic N) is 1. The molecule has 2 aliphatic heterocycles. The molecule has 0 radical (unpaired) electrons. The monoisotopic (exact) mass is 368 g/mol. The zero-order chi connectivity index (χ0) is 17.8. The van der Waals surface area contributed by atoms with Gasteiger partial charge in [-0.15, -0.1) is 0 Å². The summed E-state index contributed by atoms with van der Waals surface area (Å²) in [4.78, 5) is 14.7. The van der Waals surface area contributed by atoms with E-state index in [4.69, 9.17) is 21.4 Å². The number of aliphatic hydroxyl groups excluding tert-OH is 2. The minimum Gasteiger partial charge on any atom is -0.492 e. The number of fused-ring (bicyclic) bond motifs is 1. The molecular formula is C18H25ClN2O4. The van der Waals surface area contributed by atoms with Crippen LogP contribution in [0.5, 0.6) is 5.75 Å². The maximum atomic E-state index is 12.5. The van der Waals surface area contributed by atoms with Crippen LogP contribution in [0.2, 0.25) is 5.02 Å². The fourth-order valence-corrected chi connectivity index (χ4v) is 3.78. The summed E-state index contributed by atoms with van der Waals surface area (Å²) < 4.78 is 5.57. The molecule has 0 spiro atoms. The molecule has 2 aliphatic rings. The van der Waals surface area contributed by atoms with Crippen molar-refractivity contribution in [3.05, 3.63) is 28.3 Å². The van der Waals surface area contributed by atoms with Crippen molar-refractivity contribution in [2.24, 2.45) is 5.92 Å². The highest BCUT2D eigenvalue weighted by Crippen LogP contribution is 2.32. The van der Waals surface area contributed by atoms with Crippen LogP contribution in [-0.4, -0.2) is 66.5 Å². The van der Waals surface area contributed by atoms with Crippen LogP contribution in [0, 0.1) is 5.92 Å². The molecular weight excluding hydrogens is 344 g/mol. The molecule has 1 amide bonds. The summed E-state index contributed by atoms with van der Waals surface area (Å²) in [6, 6.07) is 3.47. The predicted octanol–water partition coefficient (Wildman–Crippen LogP) is 1.07. The third kappa shape index (κ3) is 4.44. The number of hydrogen-bond donors (Lipinski definition) is 3. The summed E-state index contributed by atoms with van der Waals surface area (Å²) in [5, 5.41) is 22.7. The van der Waals surface area contributed by atoms with Crippen molar-refractivity contribution in [3.8, 4) is 5.75 Å². The zero-order valence-electron chi connectivity index (χ0n) is 14.2. The Morgan fingerprint density at radius 2 is 2.28 bits per heavy atom. The third-order valence-electron chi connectivity index (χ3n) is 4.96. The lowest BCUT2D eigenvalue weighted by molar-refractivity contribution is 0.0201. The molecule has 0 bridgehead atoms. The van der Waals surface area contributed by atoms with E-state index in [0.29, 0.717) is 42.5 Å². The van der Waals surface area contributed by atoms with E-state index in [1.165, 1.54) is 0 Å². The van der Waals surface area contributed by atoms with E-state index in [1.54, 1.807) is 6.07 Å². The van der Waals surface area contributed by atoms with Crippen LogP contribution >= 0.6 is 11.6 Å². The predicted molar refractivity (Wildman–Crippen MR) is 95.2 cm³/mol. The Bertz CT molecular complexity index is 625. The van der Waals surface area contributed by atoms with Gasteiger partial charge >= 0.3 is 0 Å². The minimum absolute atomic E-state index is 0.0301. The summed E-state index contributed by atoms with van der Waals surface area (Å²) in [7, 11) is 0. The van der Waals surface area contributed by atoms with Crippen LogP contribution in [0.25, 0.3) is 0 Å². The van der Waals surface area contributed by atoms with Crippen LogP contribution in [0.4, 0.5) is 0 Å². The Morgan fingerprint density at radius 1 is 1.44 bits per heavy atom. The van der Waals surface area contributed by atoms with Gasteiger partial charge in [-0.1, -0.05) is 11.6 Å². The lowest BCUT2D eigenvalue weighted by Crippen LogP contribution is -2.47. The van der Waals surface area contributed by atoms with Crippen molar-refractivity contribution in [1.29, 1.82) is 0 Å². The SMILES string of the molecule is O=C(NCC1CCN(CCCO)CC1O)c1cc(Cl)cc2c1OCC2. The maximum Gasteiger partial charge on any atom is 0.255 e. The van der Waals surface area contributed by atoms with Crippen molar-refractivity contribution in [2.45, 2.75) is 25.4 Å². The van der Waals surface area contributed by atoms with Crippen LogP contribution in [0.15, 0.2) is 12.1 Å². The smallest absolute Gasteiger partial charge is 0.255 e. The van der Waals surface area contributed by atoms with E-state index in [2.05, 4.69) is 10.2 Å².